The third-order valence-electron chi connectivity index (χ3n) is 2.89. The van der Waals surface area contributed by atoms with Gasteiger partial charge in [0.2, 0.25) is 0 Å². The maximum absolute atomic E-state index is 12.0. The van der Waals surface area contributed by atoms with Gasteiger partial charge in [-0.1, -0.05) is 35.9 Å². The Bertz CT molecular complexity index is 787. The van der Waals surface area contributed by atoms with Gasteiger partial charge in [-0.05, 0) is 70.3 Å². The molecule has 3 rings (SSSR count). The summed E-state index contributed by atoms with van der Waals surface area (Å²) in [4.78, 5) is 17.0. The smallest absolute Gasteiger partial charge is 0.264 e. The van der Waals surface area contributed by atoms with Gasteiger partial charge >= 0.3 is 0 Å². The van der Waals surface area contributed by atoms with Crippen LogP contribution in [0.5, 0.6) is 0 Å². The molecule has 0 unspecified atom stereocenters. The minimum atomic E-state index is -0.144. The molecule has 1 heterocycles. The predicted octanol–water partition coefficient (Wildman–Crippen LogP) is 4.84. The number of amides is 1. The van der Waals surface area contributed by atoms with Crippen molar-refractivity contribution < 1.29 is 4.79 Å². The van der Waals surface area contributed by atoms with Crippen LogP contribution in [0, 0.1) is 3.57 Å². The molecule has 3 nitrogen and oxygen atoms in total. The Labute approximate surface area is 151 Å². The van der Waals surface area contributed by atoms with Crippen molar-refractivity contribution in [3.05, 3.63) is 67.6 Å². The Morgan fingerprint density at radius 1 is 1.14 bits per heavy atom. The van der Waals surface area contributed by atoms with Gasteiger partial charge in [-0.25, -0.2) is 4.99 Å². The molecular weight excluding hydrogens is 431 g/mol. The first-order valence-corrected chi connectivity index (χ1v) is 8.69. The fourth-order valence-corrected chi connectivity index (χ4v) is 3.22. The molecule has 1 fully saturated rings. The maximum atomic E-state index is 12.0. The molecule has 110 valence electrons. The summed E-state index contributed by atoms with van der Waals surface area (Å²) >= 11 is 9.63. The highest BCUT2D eigenvalue weighted by Gasteiger charge is 2.23. The van der Waals surface area contributed by atoms with E-state index < -0.39 is 0 Å². The number of rotatable bonds is 2. The molecule has 6 heteroatoms. The van der Waals surface area contributed by atoms with E-state index in [9.17, 15) is 4.79 Å². The highest BCUT2D eigenvalue weighted by molar-refractivity contribution is 14.1. The van der Waals surface area contributed by atoms with Gasteiger partial charge in [0, 0.05) is 3.57 Å². The van der Waals surface area contributed by atoms with Crippen LogP contribution in [0.1, 0.15) is 5.56 Å². The molecule has 0 radical (unpaired) electrons. The van der Waals surface area contributed by atoms with E-state index in [1.165, 1.54) is 11.8 Å². The van der Waals surface area contributed by atoms with Crippen molar-refractivity contribution in [2.24, 2.45) is 4.99 Å². The summed E-state index contributed by atoms with van der Waals surface area (Å²) in [6.45, 7) is 0. The lowest BCUT2D eigenvalue weighted by atomic mass is 10.2. The monoisotopic (exact) mass is 440 g/mol. The van der Waals surface area contributed by atoms with E-state index in [0.717, 1.165) is 9.13 Å². The number of carbonyl (C=O) groups is 1. The van der Waals surface area contributed by atoms with Crippen molar-refractivity contribution in [2.45, 2.75) is 0 Å². The number of hydrogen-bond donors (Lipinski definition) is 1. The number of thioether (sulfide) groups is 1. The summed E-state index contributed by atoms with van der Waals surface area (Å²) in [6.07, 6.45) is 1.85. The maximum Gasteiger partial charge on any atom is 0.264 e. The fraction of sp³-hybridized carbons (Fsp3) is 0. The molecule has 0 aliphatic carbocycles. The molecule has 22 heavy (non-hydrogen) atoms. The number of halogens is 2. The van der Waals surface area contributed by atoms with Gasteiger partial charge < -0.3 is 5.32 Å². The molecule has 0 spiro atoms. The van der Waals surface area contributed by atoms with Crippen LogP contribution in [0.25, 0.3) is 6.08 Å². The number of para-hydroxylation sites is 1. The predicted molar refractivity (Wildman–Crippen MR) is 101 cm³/mol. The van der Waals surface area contributed by atoms with Crippen LogP contribution in [0.2, 0.25) is 5.02 Å². The lowest BCUT2D eigenvalue weighted by Crippen LogP contribution is -2.19. The average Bonchev–Trinajstić information content (AvgIpc) is 2.84. The molecule has 1 saturated heterocycles. The standard InChI is InChI=1S/C16H10ClIN2OS/c17-12-3-1-2-4-13(12)19-16-20-15(21)14(22-16)9-10-5-7-11(18)8-6-10/h1-9H,(H,19,20,21). The van der Waals surface area contributed by atoms with Crippen LogP contribution in [-0.4, -0.2) is 11.1 Å². The molecule has 0 saturated carbocycles. The number of aliphatic imine (C=N–C) groups is 1. The summed E-state index contributed by atoms with van der Waals surface area (Å²) in [5.41, 5.74) is 1.62. The van der Waals surface area contributed by atoms with Gasteiger partial charge in [-0.3, -0.25) is 4.79 Å². The Morgan fingerprint density at radius 2 is 1.86 bits per heavy atom. The van der Waals surface area contributed by atoms with Gasteiger partial charge in [-0.15, -0.1) is 0 Å². The number of nitrogens with one attached hydrogen (secondary N) is 1. The van der Waals surface area contributed by atoms with Crippen LogP contribution in [-0.2, 0) is 4.79 Å². The largest absolute Gasteiger partial charge is 0.300 e. The Hall–Kier alpha value is -1.31. The highest BCUT2D eigenvalue weighted by atomic mass is 127. The lowest BCUT2D eigenvalue weighted by Gasteiger charge is -1.98. The van der Waals surface area contributed by atoms with Crippen LogP contribution in [0.4, 0.5) is 5.69 Å². The summed E-state index contributed by atoms with van der Waals surface area (Å²) in [5.74, 6) is -0.144. The first-order chi connectivity index (χ1) is 10.6. The first kappa shape index (κ1) is 15.6. The lowest BCUT2D eigenvalue weighted by molar-refractivity contribution is -0.115. The number of carbonyl (C=O) groups excluding carboxylic acids is 1. The second-order valence-corrected chi connectivity index (χ2v) is 7.17. The van der Waals surface area contributed by atoms with Crippen LogP contribution < -0.4 is 5.32 Å². The van der Waals surface area contributed by atoms with Crippen LogP contribution in [0.3, 0.4) is 0 Å². The quantitative estimate of drug-likeness (QED) is 0.536. The summed E-state index contributed by atoms with van der Waals surface area (Å²) < 4.78 is 1.16. The zero-order valence-electron chi connectivity index (χ0n) is 11.2. The second-order valence-electron chi connectivity index (χ2n) is 4.48. The Kier molecular flexibility index (Phi) is 4.85. The molecule has 0 bridgehead atoms. The van der Waals surface area contributed by atoms with Crippen LogP contribution in [0.15, 0.2) is 58.4 Å². The van der Waals surface area contributed by atoms with Crippen molar-refractivity contribution in [1.29, 1.82) is 0 Å². The van der Waals surface area contributed by atoms with Gasteiger partial charge in [0.25, 0.3) is 5.91 Å². The van der Waals surface area contributed by atoms with Gasteiger partial charge in [0.15, 0.2) is 5.17 Å². The van der Waals surface area contributed by atoms with Crippen molar-refractivity contribution >= 4 is 68.8 Å². The first-order valence-electron chi connectivity index (χ1n) is 6.41. The topological polar surface area (TPSA) is 41.5 Å². The zero-order valence-corrected chi connectivity index (χ0v) is 14.9. The number of benzene rings is 2. The van der Waals surface area contributed by atoms with Gasteiger partial charge in [0.1, 0.15) is 0 Å². The van der Waals surface area contributed by atoms with E-state index >= 15 is 0 Å². The number of hydrogen-bond acceptors (Lipinski definition) is 3. The number of nitrogens with zero attached hydrogens (tertiary/aromatic N) is 1. The number of amidine groups is 1. The normalized spacial score (nSPS) is 18.0. The molecule has 0 aromatic heterocycles. The van der Waals surface area contributed by atoms with E-state index in [-0.39, 0.29) is 5.91 Å². The highest BCUT2D eigenvalue weighted by Crippen LogP contribution is 2.30. The minimum absolute atomic E-state index is 0.144. The van der Waals surface area contributed by atoms with E-state index in [1.807, 2.05) is 48.5 Å². The minimum Gasteiger partial charge on any atom is -0.300 e. The van der Waals surface area contributed by atoms with Crippen LogP contribution >= 0.6 is 46.0 Å². The molecule has 0 atom stereocenters. The fourth-order valence-electron chi connectivity index (χ4n) is 1.84. The molecule has 1 N–H and O–H groups in total. The zero-order chi connectivity index (χ0) is 15.5. The summed E-state index contributed by atoms with van der Waals surface area (Å²) in [7, 11) is 0. The molecule has 2 aromatic carbocycles. The van der Waals surface area contributed by atoms with E-state index in [4.69, 9.17) is 11.6 Å². The van der Waals surface area contributed by atoms with Gasteiger partial charge in [-0.2, -0.15) is 0 Å². The average molecular weight is 441 g/mol. The molecular formula is C16H10ClIN2OS. The van der Waals surface area contributed by atoms with Crippen molar-refractivity contribution in [3.63, 3.8) is 0 Å². The Balaban J connectivity index is 1.84. The van der Waals surface area contributed by atoms with Crippen molar-refractivity contribution in [3.8, 4) is 0 Å². The molecule has 1 aliphatic rings. The summed E-state index contributed by atoms with van der Waals surface area (Å²) in [6, 6.07) is 15.2. The van der Waals surface area contributed by atoms with Gasteiger partial charge in [0.05, 0.1) is 15.6 Å². The molecule has 2 aromatic rings. The third-order valence-corrected chi connectivity index (χ3v) is 4.84. The van der Waals surface area contributed by atoms with E-state index in [0.29, 0.717) is 20.8 Å². The molecule has 1 amide bonds. The van der Waals surface area contributed by atoms with Crippen molar-refractivity contribution in [2.75, 3.05) is 0 Å². The second kappa shape index (κ2) is 6.85. The third kappa shape index (κ3) is 3.71. The van der Waals surface area contributed by atoms with Crippen molar-refractivity contribution in [1.82, 2.24) is 5.32 Å². The summed E-state index contributed by atoms with van der Waals surface area (Å²) in [5, 5.41) is 3.85. The molecule has 1 aliphatic heterocycles. The van der Waals surface area contributed by atoms with E-state index in [2.05, 4.69) is 32.9 Å². The SMILES string of the molecule is O=C1NC(=Nc2ccccc2Cl)SC1=Cc1ccc(I)cc1. The Morgan fingerprint density at radius 3 is 2.59 bits per heavy atom. The van der Waals surface area contributed by atoms with E-state index in [1.54, 1.807) is 6.07 Å².